The van der Waals surface area contributed by atoms with Crippen molar-refractivity contribution in [3.8, 4) is 0 Å². The maximum Gasteiger partial charge on any atom is 0.190 e. The minimum atomic E-state index is 0. The number of likely N-dealkylation sites (tertiary alicyclic amines) is 1. The molecular weight excluding hydrogens is 497 g/mol. The van der Waals surface area contributed by atoms with Crippen molar-refractivity contribution in [3.63, 3.8) is 0 Å². The van der Waals surface area contributed by atoms with Crippen LogP contribution in [0.4, 0.5) is 0 Å². The largest absolute Gasteiger partial charge is 0.361 e. The maximum atomic E-state index is 4.40. The molecule has 0 bridgehead atoms. The molecule has 1 fully saturated rings. The Morgan fingerprint density at radius 3 is 2.71 bits per heavy atom. The number of benzene rings is 2. The molecule has 3 N–H and O–H groups in total. The Morgan fingerprint density at radius 2 is 1.87 bits per heavy atom. The van der Waals surface area contributed by atoms with Crippen LogP contribution >= 0.6 is 24.0 Å². The summed E-state index contributed by atoms with van der Waals surface area (Å²) in [5.74, 6) is 1.59. The number of fused-ring (bicyclic) bond motifs is 1. The zero-order chi connectivity index (χ0) is 20.6. The highest BCUT2D eigenvalue weighted by atomic mass is 127. The molecule has 0 amide bonds. The molecule has 2 aromatic carbocycles. The van der Waals surface area contributed by atoms with Crippen LogP contribution in [0.5, 0.6) is 0 Å². The van der Waals surface area contributed by atoms with E-state index in [2.05, 4.69) is 86.3 Å². The number of aromatic amines is 1. The normalized spacial score (nSPS) is 16.9. The van der Waals surface area contributed by atoms with Crippen LogP contribution < -0.4 is 10.6 Å². The van der Waals surface area contributed by atoms with Crippen molar-refractivity contribution in [2.75, 3.05) is 39.8 Å². The quantitative estimate of drug-likeness (QED) is 0.234. The molecule has 0 radical (unpaired) electrons. The molecule has 31 heavy (non-hydrogen) atoms. The van der Waals surface area contributed by atoms with Gasteiger partial charge in [-0.3, -0.25) is 4.99 Å². The van der Waals surface area contributed by atoms with Gasteiger partial charge in [0.1, 0.15) is 0 Å². The topological polar surface area (TPSA) is 55.5 Å². The van der Waals surface area contributed by atoms with Gasteiger partial charge in [0.05, 0.1) is 0 Å². The predicted molar refractivity (Wildman–Crippen MR) is 141 cm³/mol. The zero-order valence-electron chi connectivity index (χ0n) is 18.3. The summed E-state index contributed by atoms with van der Waals surface area (Å²) in [7, 11) is 1.85. The first-order valence-electron chi connectivity index (χ1n) is 11.1. The highest BCUT2D eigenvalue weighted by Crippen LogP contribution is 2.18. The van der Waals surface area contributed by atoms with E-state index in [9.17, 15) is 0 Å². The van der Waals surface area contributed by atoms with Crippen LogP contribution in [-0.2, 0) is 12.8 Å². The van der Waals surface area contributed by atoms with Gasteiger partial charge in [-0.25, -0.2) is 0 Å². The highest BCUT2D eigenvalue weighted by Gasteiger charge is 2.22. The van der Waals surface area contributed by atoms with Gasteiger partial charge in [0.25, 0.3) is 0 Å². The number of halogens is 1. The average Bonchev–Trinajstić information content (AvgIpc) is 3.42. The lowest BCUT2D eigenvalue weighted by atomic mass is 10.1. The number of nitrogens with one attached hydrogen (secondary N) is 3. The molecule has 1 atom stereocenters. The highest BCUT2D eigenvalue weighted by molar-refractivity contribution is 14.0. The number of nitrogens with zero attached hydrogens (tertiary/aromatic N) is 2. The van der Waals surface area contributed by atoms with Crippen LogP contribution in [0.25, 0.3) is 10.9 Å². The van der Waals surface area contributed by atoms with Crippen molar-refractivity contribution in [2.24, 2.45) is 10.9 Å². The van der Waals surface area contributed by atoms with Crippen LogP contribution in [-0.4, -0.2) is 55.6 Å². The molecule has 5 nitrogen and oxygen atoms in total. The van der Waals surface area contributed by atoms with E-state index in [4.69, 9.17) is 0 Å². The van der Waals surface area contributed by atoms with Crippen LogP contribution in [0.3, 0.4) is 0 Å². The number of aromatic nitrogens is 1. The van der Waals surface area contributed by atoms with E-state index >= 15 is 0 Å². The van der Waals surface area contributed by atoms with Crippen LogP contribution in [0.15, 0.2) is 65.8 Å². The van der Waals surface area contributed by atoms with Gasteiger partial charge < -0.3 is 20.5 Å². The molecule has 3 aromatic rings. The zero-order valence-corrected chi connectivity index (χ0v) is 20.6. The molecular formula is C25H34IN5. The SMILES string of the molecule is CN=C(NCCc1c[nH]c2ccccc12)NCC1CCN(CCc2ccccc2)C1.I. The molecule has 0 aliphatic carbocycles. The number of H-pyrrole nitrogens is 1. The van der Waals surface area contributed by atoms with Crippen molar-refractivity contribution < 1.29 is 0 Å². The van der Waals surface area contributed by atoms with Crippen molar-refractivity contribution >= 4 is 40.8 Å². The Kier molecular flexibility index (Phi) is 9.21. The Balaban J connectivity index is 0.00000272. The van der Waals surface area contributed by atoms with E-state index in [1.54, 1.807) is 0 Å². The molecule has 0 saturated carbocycles. The fourth-order valence-corrected chi connectivity index (χ4v) is 4.33. The van der Waals surface area contributed by atoms with Gasteiger partial charge in [-0.1, -0.05) is 48.5 Å². The number of aliphatic imine (C=N–C) groups is 1. The Morgan fingerprint density at radius 1 is 1.06 bits per heavy atom. The second kappa shape index (κ2) is 12.1. The van der Waals surface area contributed by atoms with E-state index in [-0.39, 0.29) is 24.0 Å². The maximum absolute atomic E-state index is 4.40. The molecule has 1 unspecified atom stereocenters. The van der Waals surface area contributed by atoms with Crippen LogP contribution in [0.1, 0.15) is 17.5 Å². The van der Waals surface area contributed by atoms with Gasteiger partial charge in [0.15, 0.2) is 5.96 Å². The van der Waals surface area contributed by atoms with Gasteiger partial charge in [-0.05, 0) is 48.9 Å². The molecule has 166 valence electrons. The number of rotatable bonds is 8. The van der Waals surface area contributed by atoms with Crippen molar-refractivity contribution in [1.82, 2.24) is 20.5 Å². The number of hydrogen-bond acceptors (Lipinski definition) is 2. The van der Waals surface area contributed by atoms with E-state index in [0.717, 1.165) is 38.4 Å². The minimum absolute atomic E-state index is 0. The van der Waals surface area contributed by atoms with Crippen LogP contribution in [0.2, 0.25) is 0 Å². The third kappa shape index (κ3) is 6.71. The monoisotopic (exact) mass is 531 g/mol. The average molecular weight is 531 g/mol. The van der Waals surface area contributed by atoms with Crippen LogP contribution in [0, 0.1) is 5.92 Å². The first-order valence-corrected chi connectivity index (χ1v) is 11.1. The predicted octanol–water partition coefficient (Wildman–Crippen LogP) is 4.06. The molecule has 1 aliphatic rings. The Hall–Kier alpha value is -2.06. The van der Waals surface area contributed by atoms with Crippen molar-refractivity contribution in [3.05, 3.63) is 71.9 Å². The number of hydrogen-bond donors (Lipinski definition) is 3. The summed E-state index contributed by atoms with van der Waals surface area (Å²) in [6.45, 7) is 5.38. The standard InChI is InChI=1S/C25H33N5.HI/c1-26-25(27-14-11-22-18-28-24-10-6-5-9-23(22)24)29-17-21-13-16-30(19-21)15-12-20-7-3-2-4-8-20;/h2-10,18,21,28H,11-17,19H2,1H3,(H2,26,27,29);1H. The smallest absolute Gasteiger partial charge is 0.190 e. The summed E-state index contributed by atoms with van der Waals surface area (Å²) in [5, 5.41) is 8.30. The lowest BCUT2D eigenvalue weighted by Gasteiger charge is -2.17. The van der Waals surface area contributed by atoms with Gasteiger partial charge in [0, 0.05) is 50.3 Å². The first kappa shape index (κ1) is 23.6. The van der Waals surface area contributed by atoms with Crippen molar-refractivity contribution in [1.29, 1.82) is 0 Å². The Bertz CT molecular complexity index is 953. The molecule has 0 spiro atoms. The number of guanidine groups is 1. The summed E-state index contributed by atoms with van der Waals surface area (Å²) in [5.41, 5.74) is 3.98. The summed E-state index contributed by atoms with van der Waals surface area (Å²) in [4.78, 5) is 10.3. The molecule has 1 aromatic heterocycles. The molecule has 1 aliphatic heterocycles. The summed E-state index contributed by atoms with van der Waals surface area (Å²) >= 11 is 0. The van der Waals surface area contributed by atoms with E-state index in [1.165, 1.54) is 41.5 Å². The summed E-state index contributed by atoms with van der Waals surface area (Å²) in [6.07, 6.45) is 5.48. The third-order valence-electron chi connectivity index (χ3n) is 6.07. The lowest BCUT2D eigenvalue weighted by molar-refractivity contribution is 0.328. The molecule has 1 saturated heterocycles. The van der Waals surface area contributed by atoms with Crippen molar-refractivity contribution in [2.45, 2.75) is 19.3 Å². The molecule has 6 heteroatoms. The van der Waals surface area contributed by atoms with Gasteiger partial charge in [0.2, 0.25) is 0 Å². The van der Waals surface area contributed by atoms with E-state index < -0.39 is 0 Å². The van der Waals surface area contributed by atoms with Gasteiger partial charge >= 0.3 is 0 Å². The summed E-state index contributed by atoms with van der Waals surface area (Å²) < 4.78 is 0. The molecule has 4 rings (SSSR count). The second-order valence-electron chi connectivity index (χ2n) is 8.18. The second-order valence-corrected chi connectivity index (χ2v) is 8.18. The first-order chi connectivity index (χ1) is 14.8. The van der Waals surface area contributed by atoms with E-state index in [0.29, 0.717) is 5.92 Å². The van der Waals surface area contributed by atoms with Gasteiger partial charge in [-0.15, -0.1) is 24.0 Å². The minimum Gasteiger partial charge on any atom is -0.361 e. The third-order valence-corrected chi connectivity index (χ3v) is 6.07. The lowest BCUT2D eigenvalue weighted by Crippen LogP contribution is -2.41. The fourth-order valence-electron chi connectivity index (χ4n) is 4.33. The van der Waals surface area contributed by atoms with Gasteiger partial charge in [-0.2, -0.15) is 0 Å². The fraction of sp³-hybridized carbons (Fsp3) is 0.400. The van der Waals surface area contributed by atoms with E-state index in [1.807, 2.05) is 7.05 Å². The summed E-state index contributed by atoms with van der Waals surface area (Å²) in [6, 6.07) is 19.3. The molecule has 2 heterocycles. The Labute approximate surface area is 202 Å². The number of para-hydroxylation sites is 1.